The van der Waals surface area contributed by atoms with Crippen molar-refractivity contribution in [2.45, 2.75) is 6.54 Å². The second-order valence-corrected chi connectivity index (χ2v) is 4.71. The number of nitrogens with two attached hydrogens (primary N) is 1. The number of nitrogen functional groups attached to an aromatic ring is 1. The number of nitrogens with zero attached hydrogens (tertiary/aromatic N) is 4. The molecule has 1 aromatic carbocycles. The molecular weight excluding hydrogens is 274 g/mol. The van der Waals surface area contributed by atoms with E-state index in [0.717, 1.165) is 5.56 Å². The number of nitro groups is 1. The number of amides is 1. The van der Waals surface area contributed by atoms with Crippen LogP contribution in [-0.4, -0.2) is 32.6 Å². The summed E-state index contributed by atoms with van der Waals surface area (Å²) in [5.41, 5.74) is 6.38. The standard InChI is InChI=1S/C13H15N5O3/c1-16(7-9-6-15-17(2)8-9)13(19)10-3-4-11(14)12(5-10)18(20)21/h3-6,8H,7,14H2,1-2H3. The molecule has 0 aliphatic heterocycles. The largest absolute Gasteiger partial charge is 0.393 e. The number of hydrogen-bond donors (Lipinski definition) is 1. The van der Waals surface area contributed by atoms with E-state index in [2.05, 4.69) is 5.10 Å². The third kappa shape index (κ3) is 3.16. The number of rotatable bonds is 4. The summed E-state index contributed by atoms with van der Waals surface area (Å²) >= 11 is 0. The van der Waals surface area contributed by atoms with Gasteiger partial charge in [0.1, 0.15) is 5.69 Å². The van der Waals surface area contributed by atoms with Crippen LogP contribution in [0.4, 0.5) is 11.4 Å². The Bertz CT molecular complexity index is 695. The van der Waals surface area contributed by atoms with Gasteiger partial charge in [-0.05, 0) is 12.1 Å². The van der Waals surface area contributed by atoms with Crippen molar-refractivity contribution in [2.75, 3.05) is 12.8 Å². The zero-order valence-electron chi connectivity index (χ0n) is 11.7. The van der Waals surface area contributed by atoms with E-state index in [1.165, 1.54) is 23.1 Å². The highest BCUT2D eigenvalue weighted by Crippen LogP contribution is 2.23. The van der Waals surface area contributed by atoms with Gasteiger partial charge in [-0.15, -0.1) is 0 Å². The number of aromatic nitrogens is 2. The van der Waals surface area contributed by atoms with E-state index in [1.807, 2.05) is 0 Å². The van der Waals surface area contributed by atoms with Crippen LogP contribution in [-0.2, 0) is 13.6 Å². The summed E-state index contributed by atoms with van der Waals surface area (Å²) < 4.78 is 1.64. The van der Waals surface area contributed by atoms with Crippen LogP contribution in [0.3, 0.4) is 0 Å². The lowest BCUT2D eigenvalue weighted by Crippen LogP contribution is -2.26. The van der Waals surface area contributed by atoms with Gasteiger partial charge < -0.3 is 10.6 Å². The normalized spacial score (nSPS) is 10.4. The summed E-state index contributed by atoms with van der Waals surface area (Å²) in [7, 11) is 3.41. The SMILES string of the molecule is CN(Cc1cnn(C)c1)C(=O)c1ccc(N)c([N+](=O)[O-])c1. The number of aryl methyl sites for hydroxylation is 1. The number of hydrogen-bond acceptors (Lipinski definition) is 5. The average Bonchev–Trinajstić information content (AvgIpc) is 2.83. The Morgan fingerprint density at radius 3 is 2.81 bits per heavy atom. The van der Waals surface area contributed by atoms with Gasteiger partial charge in [-0.1, -0.05) is 0 Å². The molecule has 1 amide bonds. The maximum atomic E-state index is 12.3. The quantitative estimate of drug-likeness (QED) is 0.516. The molecule has 21 heavy (non-hydrogen) atoms. The molecule has 110 valence electrons. The van der Waals surface area contributed by atoms with E-state index < -0.39 is 4.92 Å². The summed E-state index contributed by atoms with van der Waals surface area (Å²) in [6.45, 7) is 0.366. The average molecular weight is 289 g/mol. The van der Waals surface area contributed by atoms with Gasteiger partial charge in [0.15, 0.2) is 0 Å². The molecule has 0 saturated heterocycles. The Hall–Kier alpha value is -2.90. The van der Waals surface area contributed by atoms with Crippen LogP contribution in [0.15, 0.2) is 30.6 Å². The summed E-state index contributed by atoms with van der Waals surface area (Å²) in [4.78, 5) is 24.0. The van der Waals surface area contributed by atoms with E-state index in [0.29, 0.717) is 6.54 Å². The Kier molecular flexibility index (Phi) is 3.88. The fraction of sp³-hybridized carbons (Fsp3) is 0.231. The predicted octanol–water partition coefficient (Wildman–Crippen LogP) is 1.18. The van der Waals surface area contributed by atoms with Crippen LogP contribution in [0.1, 0.15) is 15.9 Å². The molecule has 2 N–H and O–H groups in total. The molecule has 2 rings (SSSR count). The molecule has 8 nitrogen and oxygen atoms in total. The van der Waals surface area contributed by atoms with Crippen molar-refractivity contribution in [3.8, 4) is 0 Å². The van der Waals surface area contributed by atoms with E-state index in [9.17, 15) is 14.9 Å². The van der Waals surface area contributed by atoms with E-state index >= 15 is 0 Å². The minimum absolute atomic E-state index is 0.0338. The third-order valence-corrected chi connectivity index (χ3v) is 3.00. The van der Waals surface area contributed by atoms with Crippen LogP contribution >= 0.6 is 0 Å². The summed E-state index contributed by atoms with van der Waals surface area (Å²) in [5.74, 6) is -0.318. The van der Waals surface area contributed by atoms with Gasteiger partial charge in [0.2, 0.25) is 0 Å². The maximum absolute atomic E-state index is 12.3. The monoisotopic (exact) mass is 289 g/mol. The van der Waals surface area contributed by atoms with Gasteiger partial charge >= 0.3 is 0 Å². The molecule has 0 radical (unpaired) electrons. The van der Waals surface area contributed by atoms with Gasteiger partial charge in [-0.3, -0.25) is 19.6 Å². The van der Waals surface area contributed by atoms with Gasteiger partial charge in [0.25, 0.3) is 11.6 Å². The predicted molar refractivity (Wildman–Crippen MR) is 76.5 cm³/mol. The number of carbonyl (C=O) groups excluding carboxylic acids is 1. The van der Waals surface area contributed by atoms with Crippen LogP contribution in [0.2, 0.25) is 0 Å². The molecule has 0 bridgehead atoms. The highest BCUT2D eigenvalue weighted by Gasteiger charge is 2.18. The van der Waals surface area contributed by atoms with Gasteiger partial charge in [-0.25, -0.2) is 0 Å². The van der Waals surface area contributed by atoms with Crippen molar-refractivity contribution in [2.24, 2.45) is 7.05 Å². The van der Waals surface area contributed by atoms with Crippen molar-refractivity contribution in [1.29, 1.82) is 0 Å². The second-order valence-electron chi connectivity index (χ2n) is 4.71. The van der Waals surface area contributed by atoms with Gasteiger partial charge in [-0.2, -0.15) is 5.10 Å². The molecule has 0 saturated carbocycles. The van der Waals surface area contributed by atoms with E-state index in [4.69, 9.17) is 5.73 Å². The molecule has 0 unspecified atom stereocenters. The van der Waals surface area contributed by atoms with Crippen LogP contribution in [0, 0.1) is 10.1 Å². The van der Waals surface area contributed by atoms with Crippen molar-refractivity contribution >= 4 is 17.3 Å². The molecule has 0 spiro atoms. The summed E-state index contributed by atoms with van der Waals surface area (Å²) in [5, 5.41) is 14.9. The summed E-state index contributed by atoms with van der Waals surface area (Å²) in [6, 6.07) is 4.03. The number of anilines is 1. The molecule has 0 fully saturated rings. The van der Waals surface area contributed by atoms with Crippen LogP contribution in [0.25, 0.3) is 0 Å². The molecule has 0 aliphatic rings. The molecule has 1 aromatic heterocycles. The number of benzene rings is 1. The van der Waals surface area contributed by atoms with Gasteiger partial charge in [0, 0.05) is 44.0 Å². The molecular formula is C13H15N5O3. The van der Waals surface area contributed by atoms with Crippen molar-refractivity contribution in [1.82, 2.24) is 14.7 Å². The first kappa shape index (κ1) is 14.5. The van der Waals surface area contributed by atoms with Crippen molar-refractivity contribution < 1.29 is 9.72 Å². The van der Waals surface area contributed by atoms with E-state index in [-0.39, 0.29) is 22.8 Å². The minimum atomic E-state index is -0.604. The topological polar surface area (TPSA) is 107 Å². The third-order valence-electron chi connectivity index (χ3n) is 3.00. The van der Waals surface area contributed by atoms with E-state index in [1.54, 1.807) is 31.2 Å². The Labute approximate surface area is 120 Å². The van der Waals surface area contributed by atoms with Crippen molar-refractivity contribution in [3.63, 3.8) is 0 Å². The highest BCUT2D eigenvalue weighted by atomic mass is 16.6. The Morgan fingerprint density at radius 2 is 2.24 bits per heavy atom. The zero-order chi connectivity index (χ0) is 15.6. The molecule has 8 heteroatoms. The zero-order valence-corrected chi connectivity index (χ0v) is 11.7. The summed E-state index contributed by atoms with van der Waals surface area (Å²) in [6.07, 6.45) is 3.46. The molecule has 0 atom stereocenters. The second kappa shape index (κ2) is 5.61. The van der Waals surface area contributed by atoms with Crippen molar-refractivity contribution in [3.05, 3.63) is 51.8 Å². The Balaban J connectivity index is 2.19. The first-order valence-electron chi connectivity index (χ1n) is 6.15. The first-order chi connectivity index (χ1) is 9.88. The fourth-order valence-corrected chi connectivity index (χ4v) is 1.95. The maximum Gasteiger partial charge on any atom is 0.292 e. The lowest BCUT2D eigenvalue weighted by Gasteiger charge is -2.16. The number of carbonyl (C=O) groups is 1. The van der Waals surface area contributed by atoms with Crippen LogP contribution in [0.5, 0.6) is 0 Å². The van der Waals surface area contributed by atoms with Crippen LogP contribution < -0.4 is 5.73 Å². The lowest BCUT2D eigenvalue weighted by atomic mass is 10.1. The molecule has 1 heterocycles. The highest BCUT2D eigenvalue weighted by molar-refractivity contribution is 5.95. The lowest BCUT2D eigenvalue weighted by molar-refractivity contribution is -0.383. The molecule has 0 aliphatic carbocycles. The minimum Gasteiger partial charge on any atom is -0.393 e. The number of nitro benzene ring substituents is 1. The first-order valence-corrected chi connectivity index (χ1v) is 6.15. The smallest absolute Gasteiger partial charge is 0.292 e. The fourth-order valence-electron chi connectivity index (χ4n) is 1.95. The Morgan fingerprint density at radius 1 is 1.52 bits per heavy atom. The molecule has 2 aromatic rings. The van der Waals surface area contributed by atoms with Gasteiger partial charge in [0.05, 0.1) is 11.1 Å².